The predicted octanol–water partition coefficient (Wildman–Crippen LogP) is 3.84. The summed E-state index contributed by atoms with van der Waals surface area (Å²) in [6.45, 7) is 0.994. The largest absolute Gasteiger partial charge is 0.452 e. The molecule has 20 heavy (non-hydrogen) atoms. The number of aromatic nitrogens is 2. The minimum Gasteiger partial charge on any atom is -0.452 e. The number of nitrogens with two attached hydrogens (primary N) is 1. The molecule has 0 radical (unpaired) electrons. The third-order valence-corrected chi connectivity index (χ3v) is 3.93. The van der Waals surface area contributed by atoms with Crippen molar-refractivity contribution in [3.05, 3.63) is 36.7 Å². The van der Waals surface area contributed by atoms with Gasteiger partial charge in [-0.1, -0.05) is 31.4 Å². The molecule has 4 nitrogen and oxygen atoms in total. The molecule has 0 atom stereocenters. The Bertz CT molecular complexity index is 558. The lowest BCUT2D eigenvalue weighted by Crippen LogP contribution is -2.14. The molecule has 1 aromatic heterocycles. The number of para-hydroxylation sites is 2. The summed E-state index contributed by atoms with van der Waals surface area (Å²) in [7, 11) is 0. The van der Waals surface area contributed by atoms with Crippen molar-refractivity contribution in [2.24, 2.45) is 5.92 Å². The number of anilines is 1. The van der Waals surface area contributed by atoms with Gasteiger partial charge in [0.05, 0.1) is 18.1 Å². The van der Waals surface area contributed by atoms with Gasteiger partial charge in [0.25, 0.3) is 0 Å². The van der Waals surface area contributed by atoms with E-state index >= 15 is 0 Å². The topological polar surface area (TPSA) is 53.1 Å². The quantitative estimate of drug-likeness (QED) is 0.860. The molecule has 1 aliphatic carbocycles. The van der Waals surface area contributed by atoms with Crippen molar-refractivity contribution in [1.29, 1.82) is 0 Å². The smallest absolute Gasteiger partial charge is 0.165 e. The maximum Gasteiger partial charge on any atom is 0.165 e. The second-order valence-corrected chi connectivity index (χ2v) is 5.54. The highest BCUT2D eigenvalue weighted by Gasteiger charge is 2.14. The summed E-state index contributed by atoms with van der Waals surface area (Å²) >= 11 is 0. The number of nitrogen functional groups attached to an aromatic ring is 1. The van der Waals surface area contributed by atoms with Crippen LogP contribution in [0.25, 0.3) is 0 Å². The van der Waals surface area contributed by atoms with Gasteiger partial charge in [-0.05, 0) is 30.9 Å². The molecular formula is C16H21N3O. The predicted molar refractivity (Wildman–Crippen MR) is 79.7 cm³/mol. The van der Waals surface area contributed by atoms with E-state index in [4.69, 9.17) is 10.5 Å². The number of rotatable bonds is 4. The second-order valence-electron chi connectivity index (χ2n) is 5.54. The van der Waals surface area contributed by atoms with E-state index in [0.29, 0.717) is 11.4 Å². The molecule has 2 aromatic rings. The third-order valence-electron chi connectivity index (χ3n) is 3.93. The second kappa shape index (κ2) is 5.99. The van der Waals surface area contributed by atoms with Crippen molar-refractivity contribution in [3.8, 4) is 11.5 Å². The van der Waals surface area contributed by atoms with Crippen LogP contribution in [0.15, 0.2) is 36.7 Å². The van der Waals surface area contributed by atoms with Crippen LogP contribution in [0.1, 0.15) is 32.1 Å². The molecule has 4 heteroatoms. The van der Waals surface area contributed by atoms with E-state index in [0.717, 1.165) is 18.2 Å². The summed E-state index contributed by atoms with van der Waals surface area (Å²) in [5.74, 6) is 2.20. The van der Waals surface area contributed by atoms with Crippen LogP contribution in [-0.4, -0.2) is 9.78 Å². The summed E-state index contributed by atoms with van der Waals surface area (Å²) in [4.78, 5) is 0. The van der Waals surface area contributed by atoms with Gasteiger partial charge in [-0.2, -0.15) is 5.10 Å². The molecule has 1 heterocycles. The highest BCUT2D eigenvalue weighted by atomic mass is 16.5. The molecule has 2 N–H and O–H groups in total. The standard InChI is InChI=1S/C16H21N3O/c17-15-8-4-5-9-16(15)20-14-10-18-19(12-14)11-13-6-2-1-3-7-13/h4-5,8-10,12-13H,1-3,6-7,11,17H2. The Labute approximate surface area is 119 Å². The number of hydrogen-bond donors (Lipinski definition) is 1. The number of nitrogens with zero attached hydrogens (tertiary/aromatic N) is 2. The normalized spacial score (nSPS) is 16.2. The highest BCUT2D eigenvalue weighted by Crippen LogP contribution is 2.28. The van der Waals surface area contributed by atoms with Gasteiger partial charge >= 0.3 is 0 Å². The van der Waals surface area contributed by atoms with Gasteiger partial charge in [-0.3, -0.25) is 4.68 Å². The lowest BCUT2D eigenvalue weighted by atomic mass is 9.89. The Morgan fingerprint density at radius 1 is 1.20 bits per heavy atom. The molecule has 1 fully saturated rings. The van der Waals surface area contributed by atoms with Gasteiger partial charge in [0, 0.05) is 6.54 Å². The lowest BCUT2D eigenvalue weighted by Gasteiger charge is -2.21. The lowest BCUT2D eigenvalue weighted by molar-refractivity contribution is 0.308. The van der Waals surface area contributed by atoms with Crippen LogP contribution in [0.4, 0.5) is 5.69 Å². The van der Waals surface area contributed by atoms with Gasteiger partial charge in [-0.25, -0.2) is 0 Å². The molecule has 3 rings (SSSR count). The van der Waals surface area contributed by atoms with Crippen LogP contribution in [0.5, 0.6) is 11.5 Å². The average molecular weight is 271 g/mol. The summed E-state index contributed by atoms with van der Waals surface area (Å²) in [6.07, 6.45) is 10.5. The van der Waals surface area contributed by atoms with Gasteiger partial charge < -0.3 is 10.5 Å². The monoisotopic (exact) mass is 271 g/mol. The molecular weight excluding hydrogens is 250 g/mol. The van der Waals surface area contributed by atoms with Crippen LogP contribution in [0.3, 0.4) is 0 Å². The molecule has 106 valence electrons. The van der Waals surface area contributed by atoms with Crippen molar-refractivity contribution < 1.29 is 4.74 Å². The first-order chi connectivity index (χ1) is 9.81. The first kappa shape index (κ1) is 13.0. The first-order valence-corrected chi connectivity index (χ1v) is 7.36. The van der Waals surface area contributed by atoms with E-state index in [1.165, 1.54) is 32.1 Å². The molecule has 1 aliphatic rings. The molecule has 0 saturated heterocycles. The van der Waals surface area contributed by atoms with Gasteiger partial charge in [0.1, 0.15) is 5.75 Å². The van der Waals surface area contributed by atoms with Crippen LogP contribution in [0.2, 0.25) is 0 Å². The number of benzene rings is 1. The fraction of sp³-hybridized carbons (Fsp3) is 0.438. The van der Waals surface area contributed by atoms with Crippen LogP contribution >= 0.6 is 0 Å². The Hall–Kier alpha value is -1.97. The number of ether oxygens (including phenoxy) is 1. The van der Waals surface area contributed by atoms with Crippen molar-refractivity contribution in [2.45, 2.75) is 38.6 Å². The van der Waals surface area contributed by atoms with Crippen LogP contribution in [0, 0.1) is 5.92 Å². The van der Waals surface area contributed by atoms with E-state index in [1.807, 2.05) is 35.1 Å². The molecule has 0 spiro atoms. The third kappa shape index (κ3) is 3.13. The molecule has 0 unspecified atom stereocenters. The zero-order valence-corrected chi connectivity index (χ0v) is 11.7. The molecule has 0 bridgehead atoms. The summed E-state index contributed by atoms with van der Waals surface area (Å²) in [5.41, 5.74) is 6.52. The van der Waals surface area contributed by atoms with E-state index < -0.39 is 0 Å². The molecule has 1 saturated carbocycles. The minimum absolute atomic E-state index is 0.646. The maximum absolute atomic E-state index is 5.87. The molecule has 0 amide bonds. The van der Waals surface area contributed by atoms with Crippen LogP contribution in [-0.2, 0) is 6.54 Å². The Kier molecular flexibility index (Phi) is 3.90. The Balaban J connectivity index is 1.63. The number of hydrogen-bond acceptors (Lipinski definition) is 3. The SMILES string of the molecule is Nc1ccccc1Oc1cnn(CC2CCCCC2)c1. The van der Waals surface area contributed by atoms with Crippen molar-refractivity contribution in [2.75, 3.05) is 5.73 Å². The van der Waals surface area contributed by atoms with Crippen molar-refractivity contribution in [3.63, 3.8) is 0 Å². The molecule has 0 aliphatic heterocycles. The van der Waals surface area contributed by atoms with E-state index in [2.05, 4.69) is 5.10 Å². The zero-order valence-electron chi connectivity index (χ0n) is 11.7. The van der Waals surface area contributed by atoms with Gasteiger partial charge in [0.2, 0.25) is 0 Å². The molecule has 1 aromatic carbocycles. The first-order valence-electron chi connectivity index (χ1n) is 7.36. The Morgan fingerprint density at radius 3 is 2.80 bits per heavy atom. The maximum atomic E-state index is 5.87. The minimum atomic E-state index is 0.646. The fourth-order valence-electron chi connectivity index (χ4n) is 2.83. The summed E-state index contributed by atoms with van der Waals surface area (Å²) < 4.78 is 7.76. The summed E-state index contributed by atoms with van der Waals surface area (Å²) in [5, 5.41) is 4.39. The van der Waals surface area contributed by atoms with Gasteiger partial charge in [-0.15, -0.1) is 0 Å². The Morgan fingerprint density at radius 2 is 2.00 bits per heavy atom. The van der Waals surface area contributed by atoms with Gasteiger partial charge in [0.15, 0.2) is 5.75 Å². The highest BCUT2D eigenvalue weighted by molar-refractivity contribution is 5.53. The average Bonchev–Trinajstić information content (AvgIpc) is 2.90. The fourth-order valence-corrected chi connectivity index (χ4v) is 2.83. The van der Waals surface area contributed by atoms with E-state index in [1.54, 1.807) is 6.20 Å². The van der Waals surface area contributed by atoms with E-state index in [9.17, 15) is 0 Å². The van der Waals surface area contributed by atoms with E-state index in [-0.39, 0.29) is 0 Å². The summed E-state index contributed by atoms with van der Waals surface area (Å²) in [6, 6.07) is 7.52. The zero-order chi connectivity index (χ0) is 13.8. The van der Waals surface area contributed by atoms with Crippen molar-refractivity contribution in [1.82, 2.24) is 9.78 Å². The van der Waals surface area contributed by atoms with Crippen molar-refractivity contribution >= 4 is 5.69 Å². The van der Waals surface area contributed by atoms with Crippen LogP contribution < -0.4 is 10.5 Å².